The Morgan fingerprint density at radius 1 is 0.975 bits per heavy atom. The molecule has 2 heterocycles. The number of rotatable bonds is 9. The van der Waals surface area contributed by atoms with E-state index < -0.39 is 5.91 Å². The number of fused-ring (bicyclic) bond motifs is 1. The lowest BCUT2D eigenvalue weighted by Gasteiger charge is -2.20. The van der Waals surface area contributed by atoms with Gasteiger partial charge in [-0.15, -0.1) is 0 Å². The summed E-state index contributed by atoms with van der Waals surface area (Å²) >= 11 is 20.0. The quantitative estimate of drug-likeness (QED) is 0.253. The van der Waals surface area contributed by atoms with Gasteiger partial charge in [-0.05, 0) is 66.7 Å². The van der Waals surface area contributed by atoms with E-state index >= 15 is 0 Å². The number of para-hydroxylation sites is 1. The number of ether oxygens (including phenoxy) is 3. The van der Waals surface area contributed by atoms with E-state index in [2.05, 4.69) is 10.1 Å². The maximum Gasteiger partial charge on any atom is 0.283 e. The molecule has 1 N–H and O–H groups in total. The van der Waals surface area contributed by atoms with Gasteiger partial charge in [0.1, 0.15) is 24.0 Å². The fourth-order valence-electron chi connectivity index (χ4n) is 3.78. The summed E-state index contributed by atoms with van der Waals surface area (Å²) in [6.45, 7) is 2.50. The number of thioether (sulfide) groups is 1. The fraction of sp³-hybridized carbons (Fsp3) is 0.143. The molecule has 8 nitrogen and oxygen atoms in total. The zero-order chi connectivity index (χ0) is 28.2. The van der Waals surface area contributed by atoms with Crippen molar-refractivity contribution in [2.24, 2.45) is 10.1 Å². The van der Waals surface area contributed by atoms with Crippen LogP contribution in [-0.4, -0.2) is 40.2 Å². The highest BCUT2D eigenvalue weighted by molar-refractivity contribution is 8.27. The molecular formula is C28H21Cl3N4O4S. The molecule has 40 heavy (non-hydrogen) atoms. The summed E-state index contributed by atoms with van der Waals surface area (Å²) in [4.78, 5) is 17.0. The first-order valence-electron chi connectivity index (χ1n) is 12.0. The molecule has 0 radical (unpaired) electrons. The van der Waals surface area contributed by atoms with Gasteiger partial charge in [0.25, 0.3) is 5.91 Å². The summed E-state index contributed by atoms with van der Waals surface area (Å²) in [6, 6.07) is 17.7. The molecule has 3 aromatic carbocycles. The van der Waals surface area contributed by atoms with Crippen LogP contribution >= 0.6 is 46.6 Å². The minimum absolute atomic E-state index is 0.0541. The van der Waals surface area contributed by atoms with Crippen molar-refractivity contribution in [3.8, 4) is 17.2 Å². The van der Waals surface area contributed by atoms with Crippen molar-refractivity contribution in [3.63, 3.8) is 0 Å². The van der Waals surface area contributed by atoms with Gasteiger partial charge in [0.15, 0.2) is 17.3 Å². The Labute approximate surface area is 249 Å². The average molecular weight is 616 g/mol. The fourth-order valence-corrected chi connectivity index (χ4v) is 5.32. The van der Waals surface area contributed by atoms with Crippen molar-refractivity contribution in [2.45, 2.75) is 13.5 Å². The standard InChI is InChI=1S/C28H21Cl3N4O4S/c1-2-37-23-12-16(11-22(31)25(23)39-14-17-8-9-18(29)13-21(17)30)10-20-26(32)35-28(33-27(20)36)40-24(34-35)15-38-19-6-4-3-5-7-19/h3-13,32H,2,14-15H2,1H3/b20-10-,32-26?. The lowest BCUT2D eigenvalue weighted by atomic mass is 10.1. The third-order valence-electron chi connectivity index (χ3n) is 5.63. The van der Waals surface area contributed by atoms with Crippen LogP contribution in [0.2, 0.25) is 15.1 Å². The molecule has 0 saturated heterocycles. The summed E-state index contributed by atoms with van der Waals surface area (Å²) in [7, 11) is 0. The normalized spacial score (nSPS) is 15.6. The minimum Gasteiger partial charge on any atom is -0.490 e. The number of amidine groups is 2. The summed E-state index contributed by atoms with van der Waals surface area (Å²) in [5.41, 5.74) is 1.31. The molecule has 0 aromatic heterocycles. The lowest BCUT2D eigenvalue weighted by Crippen LogP contribution is -2.35. The van der Waals surface area contributed by atoms with E-state index in [-0.39, 0.29) is 29.6 Å². The Hall–Kier alpha value is -3.50. The van der Waals surface area contributed by atoms with Crippen LogP contribution in [0.25, 0.3) is 6.08 Å². The third-order valence-corrected chi connectivity index (χ3v) is 7.38. The van der Waals surface area contributed by atoms with E-state index in [0.717, 1.165) is 5.56 Å². The van der Waals surface area contributed by atoms with Crippen LogP contribution in [0, 0.1) is 5.41 Å². The number of carbonyl (C=O) groups excluding carboxylic acids is 1. The minimum atomic E-state index is -0.559. The second-order valence-electron chi connectivity index (χ2n) is 8.40. The van der Waals surface area contributed by atoms with Gasteiger partial charge in [-0.2, -0.15) is 15.1 Å². The zero-order valence-corrected chi connectivity index (χ0v) is 24.1. The first kappa shape index (κ1) is 28.0. The molecule has 2 aliphatic rings. The Balaban J connectivity index is 1.36. The molecule has 0 bridgehead atoms. The first-order valence-corrected chi connectivity index (χ1v) is 14.0. The Bertz CT molecular complexity index is 1580. The third kappa shape index (κ3) is 6.28. The maximum absolute atomic E-state index is 12.9. The molecule has 0 unspecified atom stereocenters. The lowest BCUT2D eigenvalue weighted by molar-refractivity contribution is -0.114. The largest absolute Gasteiger partial charge is 0.490 e. The van der Waals surface area contributed by atoms with E-state index in [1.54, 1.807) is 30.3 Å². The van der Waals surface area contributed by atoms with Crippen LogP contribution in [0.1, 0.15) is 18.1 Å². The van der Waals surface area contributed by atoms with Crippen LogP contribution in [-0.2, 0) is 11.4 Å². The SMILES string of the molecule is CCOc1cc(/C=C2/C(=N)N3N=C(COc4ccccc4)SC3=NC2=O)cc(Cl)c1OCc1ccc(Cl)cc1Cl. The van der Waals surface area contributed by atoms with Crippen LogP contribution in [0.5, 0.6) is 17.2 Å². The van der Waals surface area contributed by atoms with E-state index in [0.29, 0.717) is 49.7 Å². The smallest absolute Gasteiger partial charge is 0.283 e. The molecule has 204 valence electrons. The second-order valence-corrected chi connectivity index (χ2v) is 10.7. The van der Waals surface area contributed by atoms with Gasteiger partial charge in [-0.3, -0.25) is 10.2 Å². The van der Waals surface area contributed by atoms with Gasteiger partial charge in [0, 0.05) is 15.6 Å². The number of hydrogen-bond donors (Lipinski definition) is 1. The van der Waals surface area contributed by atoms with E-state index in [1.807, 2.05) is 37.3 Å². The number of nitrogens with zero attached hydrogens (tertiary/aromatic N) is 3. The molecular weight excluding hydrogens is 595 g/mol. The average Bonchev–Trinajstić information content (AvgIpc) is 3.34. The van der Waals surface area contributed by atoms with Crippen LogP contribution in [0.15, 0.2) is 76.3 Å². The van der Waals surface area contributed by atoms with Crippen LogP contribution < -0.4 is 14.2 Å². The first-order chi connectivity index (χ1) is 19.3. The topological polar surface area (TPSA) is 96.6 Å². The van der Waals surface area contributed by atoms with Crippen LogP contribution in [0.4, 0.5) is 0 Å². The van der Waals surface area contributed by atoms with Crippen molar-refractivity contribution in [1.82, 2.24) is 5.01 Å². The molecule has 12 heteroatoms. The number of amides is 1. The molecule has 2 aliphatic heterocycles. The van der Waals surface area contributed by atoms with Gasteiger partial charge in [0.05, 0.1) is 17.2 Å². The molecule has 1 amide bonds. The Morgan fingerprint density at radius 3 is 2.52 bits per heavy atom. The Kier molecular flexibility index (Phi) is 8.66. The highest BCUT2D eigenvalue weighted by Crippen LogP contribution is 2.39. The number of hydrazone groups is 1. The second kappa shape index (κ2) is 12.3. The van der Waals surface area contributed by atoms with E-state index in [4.69, 9.17) is 54.4 Å². The Morgan fingerprint density at radius 2 is 1.77 bits per heavy atom. The molecule has 3 aromatic rings. The van der Waals surface area contributed by atoms with Crippen molar-refractivity contribution in [2.75, 3.05) is 13.2 Å². The summed E-state index contributed by atoms with van der Waals surface area (Å²) in [6.07, 6.45) is 1.53. The molecule has 0 saturated carbocycles. The number of nitrogens with one attached hydrogen (secondary N) is 1. The number of aliphatic imine (C=N–C) groups is 1. The summed E-state index contributed by atoms with van der Waals surface area (Å²) < 4.78 is 17.5. The summed E-state index contributed by atoms with van der Waals surface area (Å²) in [5.74, 6) is 0.724. The predicted octanol–water partition coefficient (Wildman–Crippen LogP) is 7.32. The highest BCUT2D eigenvalue weighted by atomic mass is 35.5. The highest BCUT2D eigenvalue weighted by Gasteiger charge is 2.36. The molecule has 0 spiro atoms. The molecule has 5 rings (SSSR count). The van der Waals surface area contributed by atoms with Gasteiger partial charge in [-0.25, -0.2) is 0 Å². The maximum atomic E-state index is 12.9. The van der Waals surface area contributed by atoms with Gasteiger partial charge >= 0.3 is 0 Å². The van der Waals surface area contributed by atoms with Crippen molar-refractivity contribution in [1.29, 1.82) is 5.41 Å². The van der Waals surface area contributed by atoms with Crippen LogP contribution in [0.3, 0.4) is 0 Å². The van der Waals surface area contributed by atoms with Crippen molar-refractivity contribution in [3.05, 3.63) is 92.4 Å². The molecule has 0 atom stereocenters. The van der Waals surface area contributed by atoms with Crippen molar-refractivity contribution >= 4 is 74.6 Å². The zero-order valence-electron chi connectivity index (χ0n) is 21.0. The van der Waals surface area contributed by atoms with Gasteiger partial charge in [0.2, 0.25) is 5.17 Å². The number of carbonyl (C=O) groups is 1. The van der Waals surface area contributed by atoms with Crippen molar-refractivity contribution < 1.29 is 19.0 Å². The number of halogens is 3. The van der Waals surface area contributed by atoms with Gasteiger partial charge < -0.3 is 14.2 Å². The number of hydrogen-bond acceptors (Lipinski definition) is 7. The van der Waals surface area contributed by atoms with E-state index in [9.17, 15) is 4.79 Å². The number of benzene rings is 3. The monoisotopic (exact) mass is 614 g/mol. The summed E-state index contributed by atoms with van der Waals surface area (Å²) in [5, 5.41) is 16.5. The molecule has 0 aliphatic carbocycles. The molecule has 0 fully saturated rings. The predicted molar refractivity (Wildman–Crippen MR) is 160 cm³/mol. The van der Waals surface area contributed by atoms with Gasteiger partial charge in [-0.1, -0.05) is 59.1 Å². The van der Waals surface area contributed by atoms with E-state index in [1.165, 1.54) is 22.8 Å².